The normalized spacial score (nSPS) is 16.2. The molecule has 1 aromatic carbocycles. The van der Waals surface area contributed by atoms with E-state index >= 15 is 0 Å². The Hall–Kier alpha value is -1.71. The fraction of sp³-hybridized carbons (Fsp3) is 0.417. The van der Waals surface area contributed by atoms with Gasteiger partial charge in [-0.3, -0.25) is 0 Å². The molecule has 1 fully saturated rings. The van der Waals surface area contributed by atoms with Crippen molar-refractivity contribution in [2.45, 2.75) is 19.3 Å². The van der Waals surface area contributed by atoms with E-state index in [1.807, 2.05) is 12.1 Å². The van der Waals surface area contributed by atoms with Gasteiger partial charge in [-0.05, 0) is 30.9 Å². The Balaban J connectivity index is 1.76. The van der Waals surface area contributed by atoms with Crippen LogP contribution < -0.4 is 11.1 Å². The zero-order valence-electron chi connectivity index (χ0n) is 9.07. The Kier molecular flexibility index (Phi) is 2.20. The van der Waals surface area contributed by atoms with Gasteiger partial charge in [0.2, 0.25) is 0 Å². The Labute approximate surface area is 93.8 Å². The van der Waals surface area contributed by atoms with Crippen molar-refractivity contribution in [3.63, 3.8) is 0 Å². The van der Waals surface area contributed by atoms with Gasteiger partial charge in [0.1, 0.15) is 5.52 Å². The van der Waals surface area contributed by atoms with Gasteiger partial charge in [-0.15, -0.1) is 0 Å². The SMILES string of the molecule is Nc1ccc2nc(NCC3CCC3)oc2c1. The third-order valence-corrected chi connectivity index (χ3v) is 3.18. The number of nitrogens with two attached hydrogens (primary N) is 1. The highest BCUT2D eigenvalue weighted by Gasteiger charge is 2.17. The molecule has 0 unspecified atom stereocenters. The van der Waals surface area contributed by atoms with Gasteiger partial charge in [0.25, 0.3) is 6.01 Å². The Morgan fingerprint density at radius 1 is 1.44 bits per heavy atom. The minimum Gasteiger partial charge on any atom is -0.423 e. The van der Waals surface area contributed by atoms with Gasteiger partial charge >= 0.3 is 0 Å². The predicted octanol–water partition coefficient (Wildman–Crippen LogP) is 2.62. The van der Waals surface area contributed by atoms with Gasteiger partial charge in [-0.25, -0.2) is 0 Å². The quantitative estimate of drug-likeness (QED) is 0.776. The van der Waals surface area contributed by atoms with Crippen molar-refractivity contribution in [1.29, 1.82) is 0 Å². The van der Waals surface area contributed by atoms with Crippen LogP contribution in [0.25, 0.3) is 11.1 Å². The van der Waals surface area contributed by atoms with Crippen molar-refractivity contribution >= 4 is 22.8 Å². The van der Waals surface area contributed by atoms with Crippen LogP contribution in [0.5, 0.6) is 0 Å². The summed E-state index contributed by atoms with van der Waals surface area (Å²) in [6.45, 7) is 0.961. The third-order valence-electron chi connectivity index (χ3n) is 3.18. The van der Waals surface area contributed by atoms with Crippen molar-refractivity contribution in [2.75, 3.05) is 17.6 Å². The van der Waals surface area contributed by atoms with E-state index in [0.29, 0.717) is 11.7 Å². The zero-order valence-corrected chi connectivity index (χ0v) is 9.07. The monoisotopic (exact) mass is 217 g/mol. The molecule has 1 aromatic heterocycles. The predicted molar refractivity (Wildman–Crippen MR) is 64.3 cm³/mol. The number of benzene rings is 1. The van der Waals surface area contributed by atoms with Crippen LogP contribution in [0, 0.1) is 5.92 Å². The molecule has 0 amide bonds. The maximum atomic E-state index is 5.68. The van der Waals surface area contributed by atoms with Crippen LogP contribution in [0.15, 0.2) is 22.6 Å². The molecule has 3 N–H and O–H groups in total. The summed E-state index contributed by atoms with van der Waals surface area (Å²) in [4.78, 5) is 4.35. The highest BCUT2D eigenvalue weighted by molar-refractivity contribution is 5.78. The lowest BCUT2D eigenvalue weighted by atomic mass is 9.85. The van der Waals surface area contributed by atoms with Crippen LogP contribution in [0.2, 0.25) is 0 Å². The zero-order chi connectivity index (χ0) is 11.0. The van der Waals surface area contributed by atoms with Crippen molar-refractivity contribution in [3.8, 4) is 0 Å². The van der Waals surface area contributed by atoms with Crippen molar-refractivity contribution in [3.05, 3.63) is 18.2 Å². The smallest absolute Gasteiger partial charge is 0.295 e. The van der Waals surface area contributed by atoms with Gasteiger partial charge in [0.15, 0.2) is 5.58 Å². The highest BCUT2D eigenvalue weighted by Crippen LogP contribution is 2.27. The summed E-state index contributed by atoms with van der Waals surface area (Å²) in [7, 11) is 0. The van der Waals surface area contributed by atoms with Crippen molar-refractivity contribution < 1.29 is 4.42 Å². The number of hydrogen-bond donors (Lipinski definition) is 2. The average molecular weight is 217 g/mol. The second-order valence-electron chi connectivity index (χ2n) is 4.42. The molecule has 16 heavy (non-hydrogen) atoms. The summed E-state index contributed by atoms with van der Waals surface area (Å²) in [5.74, 6) is 0.792. The fourth-order valence-electron chi connectivity index (χ4n) is 1.95. The van der Waals surface area contributed by atoms with E-state index in [0.717, 1.165) is 23.6 Å². The molecule has 0 radical (unpaired) electrons. The average Bonchev–Trinajstić information content (AvgIpc) is 2.57. The van der Waals surface area contributed by atoms with E-state index in [4.69, 9.17) is 10.2 Å². The molecule has 2 aromatic rings. The number of nitrogens with one attached hydrogen (secondary N) is 1. The van der Waals surface area contributed by atoms with E-state index < -0.39 is 0 Å². The number of aromatic nitrogens is 1. The largest absolute Gasteiger partial charge is 0.423 e. The summed E-state index contributed by atoms with van der Waals surface area (Å²) in [6, 6.07) is 6.12. The Bertz CT molecular complexity index is 502. The van der Waals surface area contributed by atoms with Crippen molar-refractivity contribution in [1.82, 2.24) is 4.98 Å². The summed E-state index contributed by atoms with van der Waals surface area (Å²) in [5.41, 5.74) is 7.98. The molecule has 4 heteroatoms. The van der Waals surface area contributed by atoms with Crippen molar-refractivity contribution in [2.24, 2.45) is 5.92 Å². The molecule has 0 saturated heterocycles. The molecule has 1 heterocycles. The van der Waals surface area contributed by atoms with Crippen LogP contribution in [0.3, 0.4) is 0 Å². The number of anilines is 2. The lowest BCUT2D eigenvalue weighted by Gasteiger charge is -2.24. The molecule has 1 saturated carbocycles. The number of nitrogens with zero attached hydrogens (tertiary/aromatic N) is 1. The number of hydrogen-bond acceptors (Lipinski definition) is 4. The number of rotatable bonds is 3. The summed E-state index contributed by atoms with van der Waals surface area (Å²) >= 11 is 0. The van der Waals surface area contributed by atoms with Gasteiger partial charge in [-0.1, -0.05) is 6.42 Å². The minimum absolute atomic E-state index is 0.604. The molecule has 4 nitrogen and oxygen atoms in total. The van der Waals surface area contributed by atoms with E-state index in [1.54, 1.807) is 6.07 Å². The first kappa shape index (κ1) is 9.51. The second-order valence-corrected chi connectivity index (χ2v) is 4.42. The van der Waals surface area contributed by atoms with Gasteiger partial charge < -0.3 is 15.5 Å². The first-order chi connectivity index (χ1) is 7.81. The molecule has 0 atom stereocenters. The molecule has 3 rings (SSSR count). The third kappa shape index (κ3) is 1.71. The number of oxazole rings is 1. The molecule has 0 aliphatic heterocycles. The topological polar surface area (TPSA) is 64.1 Å². The maximum absolute atomic E-state index is 5.68. The van der Waals surface area contributed by atoms with E-state index in [1.165, 1.54) is 19.3 Å². The summed E-state index contributed by atoms with van der Waals surface area (Å²) in [5, 5.41) is 3.24. The van der Waals surface area contributed by atoms with Crippen LogP contribution in [0.4, 0.5) is 11.7 Å². The number of nitrogen functional groups attached to an aromatic ring is 1. The molecule has 0 spiro atoms. The fourth-order valence-corrected chi connectivity index (χ4v) is 1.95. The first-order valence-corrected chi connectivity index (χ1v) is 5.71. The lowest BCUT2D eigenvalue weighted by Crippen LogP contribution is -2.20. The summed E-state index contributed by atoms with van der Waals surface area (Å²) < 4.78 is 5.57. The molecule has 84 valence electrons. The molecule has 1 aliphatic carbocycles. The van der Waals surface area contributed by atoms with Crippen LogP contribution in [-0.2, 0) is 0 Å². The van der Waals surface area contributed by atoms with Crippen LogP contribution in [-0.4, -0.2) is 11.5 Å². The molecular weight excluding hydrogens is 202 g/mol. The van der Waals surface area contributed by atoms with E-state index in [2.05, 4.69) is 10.3 Å². The first-order valence-electron chi connectivity index (χ1n) is 5.71. The molecule has 1 aliphatic rings. The van der Waals surface area contributed by atoms with E-state index in [-0.39, 0.29) is 0 Å². The highest BCUT2D eigenvalue weighted by atomic mass is 16.4. The molecular formula is C12H15N3O. The van der Waals surface area contributed by atoms with Crippen LogP contribution in [0.1, 0.15) is 19.3 Å². The minimum atomic E-state index is 0.604. The Morgan fingerprint density at radius 3 is 3.06 bits per heavy atom. The van der Waals surface area contributed by atoms with Gasteiger partial charge in [0.05, 0.1) is 0 Å². The Morgan fingerprint density at radius 2 is 2.31 bits per heavy atom. The van der Waals surface area contributed by atoms with Crippen LogP contribution >= 0.6 is 0 Å². The lowest BCUT2D eigenvalue weighted by molar-refractivity contribution is 0.331. The second kappa shape index (κ2) is 3.70. The summed E-state index contributed by atoms with van der Waals surface area (Å²) in [6.07, 6.45) is 4.00. The van der Waals surface area contributed by atoms with E-state index in [9.17, 15) is 0 Å². The number of fused-ring (bicyclic) bond motifs is 1. The van der Waals surface area contributed by atoms with Gasteiger partial charge in [-0.2, -0.15) is 4.98 Å². The van der Waals surface area contributed by atoms with Gasteiger partial charge in [0, 0.05) is 18.3 Å². The standard InChI is InChI=1S/C12H15N3O/c13-9-4-5-10-11(6-9)16-12(15-10)14-7-8-2-1-3-8/h4-6,8H,1-3,7,13H2,(H,14,15). The maximum Gasteiger partial charge on any atom is 0.295 e. The molecule has 0 bridgehead atoms.